The third-order valence-corrected chi connectivity index (χ3v) is 8.41. The van der Waals surface area contributed by atoms with E-state index in [1.54, 1.807) is 18.6 Å². The highest BCUT2D eigenvalue weighted by Gasteiger charge is 2.19. The van der Waals surface area contributed by atoms with Crippen LogP contribution in [-0.4, -0.2) is 81.3 Å². The molecule has 1 fully saturated rings. The molecular formula is C35H36FN9O2. The van der Waals surface area contributed by atoms with Gasteiger partial charge in [-0.05, 0) is 88.4 Å². The fourth-order valence-electron chi connectivity index (χ4n) is 6.00. The minimum Gasteiger partial charge on any atom is -0.492 e. The van der Waals surface area contributed by atoms with Crippen molar-refractivity contribution in [2.24, 2.45) is 5.92 Å². The van der Waals surface area contributed by atoms with E-state index in [9.17, 15) is 9.18 Å². The number of nitrogens with one attached hydrogen (secondary N) is 4. The van der Waals surface area contributed by atoms with Crippen molar-refractivity contribution < 1.29 is 13.9 Å². The van der Waals surface area contributed by atoms with Crippen molar-refractivity contribution in [2.75, 3.05) is 45.7 Å². The third kappa shape index (κ3) is 6.83. The van der Waals surface area contributed by atoms with Crippen LogP contribution in [0.2, 0.25) is 0 Å². The molecule has 1 aliphatic rings. The molecule has 11 nitrogen and oxygen atoms in total. The Labute approximate surface area is 271 Å². The average Bonchev–Trinajstić information content (AvgIpc) is 3.69. The Bertz CT molecular complexity index is 2050. The molecule has 240 valence electrons. The molecule has 1 aromatic carbocycles. The quantitative estimate of drug-likeness (QED) is 0.152. The van der Waals surface area contributed by atoms with Crippen LogP contribution in [0.5, 0.6) is 5.75 Å². The monoisotopic (exact) mass is 633 g/mol. The van der Waals surface area contributed by atoms with E-state index < -0.39 is 5.82 Å². The number of halogens is 1. The Balaban J connectivity index is 1.16. The van der Waals surface area contributed by atoms with Gasteiger partial charge in [0.15, 0.2) is 0 Å². The number of carbonyl (C=O) groups excluding carboxylic acids is 1. The Morgan fingerprint density at radius 1 is 1.02 bits per heavy atom. The number of hydrogen-bond donors (Lipinski definition) is 4. The molecule has 47 heavy (non-hydrogen) atoms. The summed E-state index contributed by atoms with van der Waals surface area (Å²) in [4.78, 5) is 32.1. The molecule has 0 bridgehead atoms. The lowest BCUT2D eigenvalue weighted by molar-refractivity contribution is -0.117. The fourth-order valence-corrected chi connectivity index (χ4v) is 6.00. The van der Waals surface area contributed by atoms with Crippen molar-refractivity contribution in [2.45, 2.75) is 19.3 Å². The van der Waals surface area contributed by atoms with Crippen LogP contribution in [0.1, 0.15) is 19.3 Å². The van der Waals surface area contributed by atoms with Gasteiger partial charge in [-0.3, -0.25) is 19.9 Å². The van der Waals surface area contributed by atoms with E-state index in [1.807, 2.05) is 55.4 Å². The van der Waals surface area contributed by atoms with Gasteiger partial charge in [0, 0.05) is 53.5 Å². The van der Waals surface area contributed by atoms with Gasteiger partial charge in [-0.15, -0.1) is 0 Å². The zero-order chi connectivity index (χ0) is 32.3. The molecule has 12 heteroatoms. The first kappa shape index (κ1) is 30.5. The molecule has 0 atom stereocenters. The van der Waals surface area contributed by atoms with Gasteiger partial charge < -0.3 is 25.3 Å². The number of aromatic nitrogens is 6. The number of H-pyrrole nitrogens is 2. The van der Waals surface area contributed by atoms with Crippen molar-refractivity contribution in [3.8, 4) is 39.7 Å². The topological polar surface area (TPSA) is 137 Å². The number of piperidine rings is 1. The van der Waals surface area contributed by atoms with Crippen LogP contribution < -0.4 is 15.4 Å². The number of pyridine rings is 3. The number of fused-ring (bicyclic) bond motifs is 2. The van der Waals surface area contributed by atoms with E-state index in [1.165, 1.54) is 12.1 Å². The number of aromatic amines is 2. The second kappa shape index (κ2) is 13.3. The zero-order valence-electron chi connectivity index (χ0n) is 26.3. The molecule has 0 spiro atoms. The zero-order valence-corrected chi connectivity index (χ0v) is 26.3. The second-order valence-corrected chi connectivity index (χ2v) is 12.2. The maximum absolute atomic E-state index is 14.7. The van der Waals surface area contributed by atoms with Crippen LogP contribution in [0.25, 0.3) is 55.8 Å². The third-order valence-electron chi connectivity index (χ3n) is 8.41. The standard InChI is InChI=1S/C35H36FN9O2/c1-45(2)11-12-47-26-16-22(14-24(36)17-26)33-27-18-31(41-29(27)7-10-39-33)35-34-30(43-44-35)4-3-28(42-34)23-15-25(20-38-19-23)40-32(46)13-21-5-8-37-9-6-21/h3-4,7,10,14-21,37,41H,5-6,8-9,11-13H2,1-2H3,(H,40,46)(H,43,44). The molecule has 5 aromatic heterocycles. The first-order chi connectivity index (χ1) is 22.9. The smallest absolute Gasteiger partial charge is 0.224 e. The van der Waals surface area contributed by atoms with E-state index in [0.29, 0.717) is 65.1 Å². The molecule has 1 aliphatic heterocycles. The van der Waals surface area contributed by atoms with Crippen LogP contribution in [0.4, 0.5) is 10.1 Å². The molecule has 0 radical (unpaired) electrons. The Kier molecular flexibility index (Phi) is 8.60. The Morgan fingerprint density at radius 2 is 1.89 bits per heavy atom. The highest BCUT2D eigenvalue weighted by atomic mass is 19.1. The second-order valence-electron chi connectivity index (χ2n) is 12.2. The number of benzene rings is 1. The first-order valence-corrected chi connectivity index (χ1v) is 15.8. The number of likely N-dealkylation sites (N-methyl/N-ethyl adjacent to an activating group) is 1. The molecule has 0 unspecified atom stereocenters. The lowest BCUT2D eigenvalue weighted by Gasteiger charge is -2.21. The van der Waals surface area contributed by atoms with E-state index in [-0.39, 0.29) is 5.91 Å². The van der Waals surface area contributed by atoms with Gasteiger partial charge in [0.05, 0.1) is 34.5 Å². The molecule has 1 saturated heterocycles. The lowest BCUT2D eigenvalue weighted by atomic mass is 9.94. The van der Waals surface area contributed by atoms with Crippen LogP contribution >= 0.6 is 0 Å². The van der Waals surface area contributed by atoms with Crippen LogP contribution in [0.15, 0.2) is 67.1 Å². The number of amides is 1. The van der Waals surface area contributed by atoms with E-state index >= 15 is 0 Å². The summed E-state index contributed by atoms with van der Waals surface area (Å²) in [5, 5.41) is 14.8. The van der Waals surface area contributed by atoms with Crippen LogP contribution in [-0.2, 0) is 4.79 Å². The predicted molar refractivity (Wildman–Crippen MR) is 180 cm³/mol. The summed E-state index contributed by atoms with van der Waals surface area (Å²) in [5.41, 5.74) is 6.99. The molecule has 0 aliphatic carbocycles. The summed E-state index contributed by atoms with van der Waals surface area (Å²) in [5.74, 6) is 0.444. The Hall–Kier alpha value is -5.20. The molecular weight excluding hydrogens is 597 g/mol. The lowest BCUT2D eigenvalue weighted by Crippen LogP contribution is -2.30. The van der Waals surface area contributed by atoms with Gasteiger partial charge in [0.25, 0.3) is 0 Å². The number of nitrogens with zero attached hydrogens (tertiary/aromatic N) is 5. The molecule has 1 amide bonds. The van der Waals surface area contributed by atoms with Crippen molar-refractivity contribution >= 4 is 33.5 Å². The normalized spacial score (nSPS) is 13.9. The van der Waals surface area contributed by atoms with Gasteiger partial charge in [0.1, 0.15) is 29.4 Å². The average molecular weight is 634 g/mol. The maximum atomic E-state index is 14.7. The summed E-state index contributed by atoms with van der Waals surface area (Å²) in [6.07, 6.45) is 7.60. The summed E-state index contributed by atoms with van der Waals surface area (Å²) >= 11 is 0. The highest BCUT2D eigenvalue weighted by Crippen LogP contribution is 2.35. The molecule has 0 saturated carbocycles. The minimum absolute atomic E-state index is 0.00429. The van der Waals surface area contributed by atoms with Crippen molar-refractivity contribution in [1.82, 2.24) is 40.3 Å². The number of hydrogen-bond acceptors (Lipinski definition) is 8. The van der Waals surface area contributed by atoms with Crippen LogP contribution in [0.3, 0.4) is 0 Å². The molecule has 6 heterocycles. The van der Waals surface area contributed by atoms with Crippen LogP contribution in [0, 0.1) is 11.7 Å². The van der Waals surface area contributed by atoms with Gasteiger partial charge in [-0.2, -0.15) is 5.10 Å². The Morgan fingerprint density at radius 3 is 2.74 bits per heavy atom. The summed E-state index contributed by atoms with van der Waals surface area (Å²) in [7, 11) is 3.92. The largest absolute Gasteiger partial charge is 0.492 e. The maximum Gasteiger partial charge on any atom is 0.224 e. The highest BCUT2D eigenvalue weighted by molar-refractivity contribution is 5.99. The van der Waals surface area contributed by atoms with Gasteiger partial charge in [-0.1, -0.05) is 0 Å². The van der Waals surface area contributed by atoms with Crippen molar-refractivity contribution in [1.29, 1.82) is 0 Å². The fraction of sp³-hybridized carbons (Fsp3) is 0.286. The number of anilines is 1. The number of carbonyl (C=O) groups is 1. The molecule has 7 rings (SSSR count). The van der Waals surface area contributed by atoms with Gasteiger partial charge in [0.2, 0.25) is 5.91 Å². The minimum atomic E-state index is -0.396. The van der Waals surface area contributed by atoms with Crippen molar-refractivity contribution in [3.63, 3.8) is 0 Å². The van der Waals surface area contributed by atoms with Gasteiger partial charge in [-0.25, -0.2) is 9.37 Å². The summed E-state index contributed by atoms with van der Waals surface area (Å²) in [6, 6.07) is 14.2. The van der Waals surface area contributed by atoms with E-state index in [2.05, 4.69) is 35.8 Å². The summed E-state index contributed by atoms with van der Waals surface area (Å²) < 4.78 is 20.5. The van der Waals surface area contributed by atoms with Gasteiger partial charge >= 0.3 is 0 Å². The predicted octanol–water partition coefficient (Wildman–Crippen LogP) is 5.64. The number of ether oxygens (including phenoxy) is 1. The molecule has 6 aromatic rings. The molecule has 4 N–H and O–H groups in total. The van der Waals surface area contributed by atoms with Crippen molar-refractivity contribution in [3.05, 3.63) is 72.9 Å². The van der Waals surface area contributed by atoms with E-state index in [0.717, 1.165) is 53.6 Å². The first-order valence-electron chi connectivity index (χ1n) is 15.8. The summed E-state index contributed by atoms with van der Waals surface area (Å²) in [6.45, 7) is 3.06. The van der Waals surface area contributed by atoms with E-state index in [4.69, 9.17) is 9.72 Å². The number of rotatable bonds is 10. The SMILES string of the molecule is CN(C)CCOc1cc(F)cc(-c2nccc3[nH]c(-c4n[nH]c5ccc(-c6cncc(NC(=O)CC7CCNCC7)c6)nc45)cc23)c1.